The Hall–Kier alpha value is -14.6. The molecule has 0 amide bonds. The summed E-state index contributed by atoms with van der Waals surface area (Å²) in [4.78, 5) is 9.29. The second-order valence-electron chi connectivity index (χ2n) is 34.6. The summed E-state index contributed by atoms with van der Waals surface area (Å²) in [6.45, 7) is 8.91. The van der Waals surface area contributed by atoms with Crippen LogP contribution in [0.1, 0.15) is 47.1 Å². The lowest BCUT2D eigenvalue weighted by atomic mass is 9.82. The topological polar surface area (TPSA) is 91.5 Å². The fraction of sp³-hybridized carbons (Fsp3) is 0.0400. The van der Waals surface area contributed by atoms with Gasteiger partial charge in [0.2, 0.25) is 0 Å². The molecule has 1 aliphatic carbocycles. The SMILES string of the molecule is Brc1ccc(-c2ccc3c(c2)oc2cccc(-c4cc5cccnc5c5ncccc45)c23)cc1.Brc1cccc(-c2ccc3c(c2)oc2ccccc23)c1.CC1(C)c2ccccc2-c2cc(-c3cc(-c4cccc(Br)c4)cc4oc5ccccc5c34)ccc21.Cc1cc(-c2ccc3c(c2)oc2ccccc23)c(C)cc1Br.[2H]c1c([2H])c(-c2c([2H])c([2H])c(-c3ccc4c(c3)oc3ccccc34)c([2H])c2[2H])c([2H])c([2H])c1Br. The summed E-state index contributed by atoms with van der Waals surface area (Å²) in [6, 6.07) is 120. The van der Waals surface area contributed by atoms with Gasteiger partial charge in [0, 0.05) is 105 Å². The lowest BCUT2D eigenvalue weighted by Gasteiger charge is -2.21. The molecule has 0 N–H and O–H groups in total. The van der Waals surface area contributed by atoms with E-state index < -0.39 is 24.2 Å². The molecule has 7 nitrogen and oxygen atoms in total. The highest BCUT2D eigenvalue weighted by Crippen LogP contribution is 2.52. The van der Waals surface area contributed by atoms with Crippen molar-refractivity contribution >= 4 is 211 Å². The van der Waals surface area contributed by atoms with Gasteiger partial charge in [-0.25, -0.2) is 0 Å². The van der Waals surface area contributed by atoms with Crippen LogP contribution >= 0.6 is 79.6 Å². The Morgan fingerprint density at radius 1 is 0.226 bits per heavy atom. The Morgan fingerprint density at radius 2 is 0.628 bits per heavy atom. The summed E-state index contributed by atoms with van der Waals surface area (Å²) in [5.74, 6) is 0. The predicted octanol–water partition coefficient (Wildman–Crippen LogP) is 39.1. The minimum atomic E-state index is -0.441. The molecule has 0 atom stereocenters. The van der Waals surface area contributed by atoms with Gasteiger partial charge < -0.3 is 22.1 Å². The Kier molecular flexibility index (Phi) is 20.5. The molecule has 0 saturated carbocycles. The van der Waals surface area contributed by atoms with E-state index >= 15 is 0 Å². The van der Waals surface area contributed by atoms with E-state index in [2.05, 4.69) is 360 Å². The molecule has 1 aliphatic rings. The molecule has 26 aromatic rings. The standard InChI is InChI=1S/C33H23BrO.C30H17BrN2O.C24H15BrO.C20H15BrO.C18H11BrO/c1-33(2)28-12-5-3-10-24(28)27-17-21(14-15-29(27)33)26-18-22(20-8-7-9-23(34)16-20)19-31-32(26)25-11-4-6-13-30(25)35-31;31-21-11-8-18(9-12-21)19-10-13-24-27(17-19)34-26-7-1-5-22(28(24)26)25-16-20-4-2-14-32-29(20)30-23(25)6-3-15-33-30;25-20-12-9-17(10-13-20)16-5-7-18(8-6-16)19-11-14-22-21-3-1-2-4-23(21)26-24(22)15-19;1-12-10-18(21)13(2)9-17(12)14-7-8-16-15-5-3-4-6-19(15)22-20(16)11-14;19-14-5-3-4-12(10-14)13-8-9-16-15-6-1-2-7-17(15)20-18(16)11-13/h3-19H,1-2H3;1-17H;1-15H;3-11H,1-2H3;1-11H/i;;5D,6D,7D,8D,9D,10D,12D,13D;;. The molecule has 0 aliphatic heterocycles. The third-order valence-electron chi connectivity index (χ3n) is 25.8. The molecule has 27 rings (SSSR count). The van der Waals surface area contributed by atoms with Crippen molar-refractivity contribution in [3.8, 4) is 100 Å². The maximum atomic E-state index is 8.62. The summed E-state index contributed by atoms with van der Waals surface area (Å²) in [6.07, 6.45) is 3.65. The summed E-state index contributed by atoms with van der Waals surface area (Å²) in [5, 5.41) is 13.2. The first-order valence-corrected chi connectivity index (χ1v) is 48.7. The van der Waals surface area contributed by atoms with E-state index in [0.717, 1.165) is 150 Å². The van der Waals surface area contributed by atoms with Crippen molar-refractivity contribution in [2.45, 2.75) is 33.1 Å². The summed E-state index contributed by atoms with van der Waals surface area (Å²) in [7, 11) is 0. The maximum absolute atomic E-state index is 8.62. The molecule has 0 fully saturated rings. The lowest BCUT2D eigenvalue weighted by molar-refractivity contribution is 0.660. The smallest absolute Gasteiger partial charge is 0.136 e. The molecule has 0 bridgehead atoms. The highest BCUT2D eigenvalue weighted by molar-refractivity contribution is 9.11. The van der Waals surface area contributed by atoms with Gasteiger partial charge in [-0.05, 0) is 306 Å². The fourth-order valence-corrected chi connectivity index (χ4v) is 20.8. The summed E-state index contributed by atoms with van der Waals surface area (Å²) < 4.78 is 102. The first-order valence-electron chi connectivity index (χ1n) is 48.8. The van der Waals surface area contributed by atoms with E-state index in [0.29, 0.717) is 16.7 Å². The zero-order chi connectivity index (χ0) is 99.6. The largest absolute Gasteiger partial charge is 0.456 e. The number of hydrogen-bond donors (Lipinski definition) is 0. The Balaban J connectivity index is 0.000000102. The summed E-state index contributed by atoms with van der Waals surface area (Å²) in [5.41, 5.74) is 32.4. The molecule has 0 spiro atoms. The number of fused-ring (bicyclic) bond motifs is 21. The quantitative estimate of drug-likeness (QED) is 0.140. The van der Waals surface area contributed by atoms with E-state index in [1.54, 1.807) is 12.1 Å². The Labute approximate surface area is 843 Å². The molecule has 137 heavy (non-hydrogen) atoms. The van der Waals surface area contributed by atoms with Crippen molar-refractivity contribution < 1.29 is 33.1 Å². The van der Waals surface area contributed by atoms with E-state index in [9.17, 15) is 0 Å². The van der Waals surface area contributed by atoms with Crippen LogP contribution in [0.15, 0.2) is 463 Å². The van der Waals surface area contributed by atoms with Gasteiger partial charge in [0.1, 0.15) is 55.8 Å². The van der Waals surface area contributed by atoms with Gasteiger partial charge in [0.25, 0.3) is 0 Å². The number of halogens is 5. The number of para-hydroxylation sites is 4. The van der Waals surface area contributed by atoms with Crippen LogP contribution in [0.5, 0.6) is 0 Å². The maximum Gasteiger partial charge on any atom is 0.136 e. The first-order chi connectivity index (χ1) is 70.3. The minimum absolute atomic E-state index is 0.000276. The van der Waals surface area contributed by atoms with Gasteiger partial charge in [-0.3, -0.25) is 9.97 Å². The molecular weight excluding hydrogens is 2010 g/mol. The van der Waals surface area contributed by atoms with Crippen LogP contribution in [0.4, 0.5) is 0 Å². The molecule has 19 aromatic carbocycles. The number of rotatable bonds is 8. The van der Waals surface area contributed by atoms with Gasteiger partial charge in [0.05, 0.1) is 22.0 Å². The van der Waals surface area contributed by atoms with Crippen LogP contribution in [0.2, 0.25) is 0 Å². The molecule has 0 saturated heterocycles. The molecular formula is C125H81Br5N2O5. The summed E-state index contributed by atoms with van der Waals surface area (Å²) >= 11 is 17.3. The number of benzene rings is 19. The van der Waals surface area contributed by atoms with Crippen molar-refractivity contribution in [2.75, 3.05) is 0 Å². The highest BCUT2D eigenvalue weighted by atomic mass is 79.9. The molecule has 0 radical (unpaired) electrons. The van der Waals surface area contributed by atoms with Crippen LogP contribution in [-0.2, 0) is 5.41 Å². The van der Waals surface area contributed by atoms with Gasteiger partial charge in [-0.15, -0.1) is 0 Å². The van der Waals surface area contributed by atoms with Crippen LogP contribution in [-0.4, -0.2) is 9.97 Å². The van der Waals surface area contributed by atoms with E-state index in [1.165, 1.54) is 88.1 Å². The normalized spacial score (nSPS) is 12.9. The third-order valence-corrected chi connectivity index (χ3v) is 28.6. The van der Waals surface area contributed by atoms with Crippen molar-refractivity contribution in [1.82, 2.24) is 9.97 Å². The highest BCUT2D eigenvalue weighted by Gasteiger charge is 2.36. The lowest BCUT2D eigenvalue weighted by Crippen LogP contribution is -2.14. The number of furan rings is 5. The van der Waals surface area contributed by atoms with Crippen molar-refractivity contribution in [3.05, 3.63) is 463 Å². The molecule has 656 valence electrons. The van der Waals surface area contributed by atoms with E-state index in [4.69, 9.17) is 33.1 Å². The van der Waals surface area contributed by atoms with E-state index in [1.807, 2.05) is 116 Å². The third kappa shape index (κ3) is 16.5. The zero-order valence-electron chi connectivity index (χ0n) is 82.0. The number of hydrogen-bond acceptors (Lipinski definition) is 7. The van der Waals surface area contributed by atoms with Crippen molar-refractivity contribution in [3.63, 3.8) is 0 Å². The number of aryl methyl sites for hydroxylation is 2. The second-order valence-corrected chi connectivity index (χ2v) is 39.0. The van der Waals surface area contributed by atoms with Gasteiger partial charge in [-0.2, -0.15) is 0 Å². The van der Waals surface area contributed by atoms with Crippen molar-refractivity contribution in [2.24, 2.45) is 0 Å². The second kappa shape index (κ2) is 36.2. The van der Waals surface area contributed by atoms with Gasteiger partial charge >= 0.3 is 0 Å². The van der Waals surface area contributed by atoms with E-state index in [-0.39, 0.29) is 50.7 Å². The van der Waals surface area contributed by atoms with Crippen molar-refractivity contribution in [1.29, 1.82) is 0 Å². The van der Waals surface area contributed by atoms with Gasteiger partial charge in [0.15, 0.2) is 0 Å². The first kappa shape index (κ1) is 77.7. The molecule has 0 unspecified atom stereocenters. The fourth-order valence-electron chi connectivity index (χ4n) is 19.1. The van der Waals surface area contributed by atoms with Crippen LogP contribution in [0.25, 0.3) is 232 Å². The average molecular weight is 2100 g/mol. The number of pyridine rings is 2. The number of nitrogens with zero attached hydrogens (tertiary/aromatic N) is 2. The monoisotopic (exact) mass is 2090 g/mol. The van der Waals surface area contributed by atoms with Gasteiger partial charge in [-0.1, -0.05) is 330 Å². The minimum Gasteiger partial charge on any atom is -0.456 e. The van der Waals surface area contributed by atoms with Crippen LogP contribution < -0.4 is 0 Å². The Morgan fingerprint density at radius 3 is 1.26 bits per heavy atom. The van der Waals surface area contributed by atoms with Crippen LogP contribution in [0, 0.1) is 13.8 Å². The molecule has 7 aromatic heterocycles. The average Bonchev–Trinajstić information content (AvgIpc) is 1.64. The molecule has 12 heteroatoms. The predicted molar refractivity (Wildman–Crippen MR) is 588 cm³/mol. The zero-order valence-corrected chi connectivity index (χ0v) is 82.0. The van der Waals surface area contributed by atoms with Crippen LogP contribution in [0.3, 0.4) is 0 Å². The number of aromatic nitrogens is 2. The Bertz CT molecular complexity index is 9750. The molecule has 7 heterocycles.